The number of carboxylic acid groups (broad SMARTS) is 1. The van der Waals surface area contributed by atoms with Crippen molar-refractivity contribution in [2.75, 3.05) is 6.54 Å². The van der Waals surface area contributed by atoms with E-state index in [0.717, 1.165) is 0 Å². The molecule has 0 fully saturated rings. The zero-order valence-corrected chi connectivity index (χ0v) is 20.2. The van der Waals surface area contributed by atoms with Gasteiger partial charge in [0.2, 0.25) is 17.7 Å². The number of carboxylic acids is 1. The number of benzene rings is 1. The van der Waals surface area contributed by atoms with Gasteiger partial charge in [0.05, 0.1) is 12.1 Å². The van der Waals surface area contributed by atoms with Crippen molar-refractivity contribution in [3.8, 4) is 5.75 Å². The molecule has 1 aromatic rings. The van der Waals surface area contributed by atoms with E-state index in [-0.39, 0.29) is 31.1 Å². The summed E-state index contributed by atoms with van der Waals surface area (Å²) in [5.41, 5.74) is 16.7. The van der Waals surface area contributed by atoms with E-state index in [0.29, 0.717) is 12.0 Å². The summed E-state index contributed by atoms with van der Waals surface area (Å²) in [6.07, 6.45) is -1.07. The quantitative estimate of drug-likeness (QED) is 0.0709. The molecule has 200 valence electrons. The molecule has 0 saturated heterocycles. The van der Waals surface area contributed by atoms with Crippen molar-refractivity contribution in [3.05, 3.63) is 29.8 Å². The molecule has 14 nitrogen and oxygen atoms in total. The molecule has 0 saturated carbocycles. The van der Waals surface area contributed by atoms with Crippen LogP contribution in [0.15, 0.2) is 29.3 Å². The van der Waals surface area contributed by atoms with Gasteiger partial charge in [0.15, 0.2) is 12.0 Å². The molecule has 0 aliphatic heterocycles. The molecule has 0 spiro atoms. The van der Waals surface area contributed by atoms with Gasteiger partial charge in [0.25, 0.3) is 0 Å². The van der Waals surface area contributed by atoms with Crippen molar-refractivity contribution in [3.63, 3.8) is 0 Å². The number of hydrogen-bond acceptors (Lipinski definition) is 8. The number of phenolic OH excluding ortho intramolecular Hbond substituents is 1. The number of nitrogens with one attached hydrogen (secondary N) is 3. The third-order valence-corrected chi connectivity index (χ3v) is 5.05. The molecule has 0 aliphatic carbocycles. The maximum atomic E-state index is 13.1. The highest BCUT2D eigenvalue weighted by atomic mass is 16.4. The fourth-order valence-corrected chi connectivity index (χ4v) is 3.07. The molecule has 0 bridgehead atoms. The summed E-state index contributed by atoms with van der Waals surface area (Å²) >= 11 is 0. The minimum atomic E-state index is -1.62. The topological polar surface area (TPSA) is 255 Å². The van der Waals surface area contributed by atoms with Gasteiger partial charge in [-0.15, -0.1) is 0 Å². The van der Waals surface area contributed by atoms with Gasteiger partial charge in [-0.1, -0.05) is 12.1 Å². The lowest BCUT2D eigenvalue weighted by molar-refractivity contribution is -0.145. The number of phenols is 1. The molecule has 1 aromatic carbocycles. The lowest BCUT2D eigenvalue weighted by atomic mass is 10.0. The highest BCUT2D eigenvalue weighted by Crippen LogP contribution is 2.12. The van der Waals surface area contributed by atoms with Crippen LogP contribution in [-0.4, -0.2) is 81.8 Å². The Bertz CT molecular complexity index is 931. The Morgan fingerprint density at radius 1 is 0.944 bits per heavy atom. The number of hydrogen-bond donors (Lipinski definition) is 9. The van der Waals surface area contributed by atoms with E-state index in [1.165, 1.54) is 38.1 Å². The number of rotatable bonds is 14. The Balaban J connectivity index is 3.14. The number of aliphatic hydroxyl groups is 1. The Kier molecular flexibility index (Phi) is 12.1. The van der Waals surface area contributed by atoms with Crippen LogP contribution in [0.2, 0.25) is 0 Å². The van der Waals surface area contributed by atoms with E-state index in [2.05, 4.69) is 20.9 Å². The molecule has 5 unspecified atom stereocenters. The molecule has 0 aromatic heterocycles. The number of aromatic hydroxyl groups is 1. The first kappa shape index (κ1) is 30.1. The average molecular weight is 510 g/mol. The first-order valence-electron chi connectivity index (χ1n) is 11.2. The van der Waals surface area contributed by atoms with Crippen molar-refractivity contribution < 1.29 is 34.5 Å². The van der Waals surface area contributed by atoms with E-state index in [1.807, 2.05) is 0 Å². The molecular formula is C22H35N7O7. The van der Waals surface area contributed by atoms with Crippen LogP contribution < -0.4 is 33.2 Å². The largest absolute Gasteiger partial charge is 0.508 e. The first-order valence-corrected chi connectivity index (χ1v) is 11.2. The van der Waals surface area contributed by atoms with Crippen LogP contribution in [0, 0.1) is 0 Å². The Hall–Kier alpha value is -3.91. The molecule has 12 N–H and O–H groups in total. The molecule has 5 atom stereocenters. The first-order chi connectivity index (χ1) is 16.8. The van der Waals surface area contributed by atoms with Crippen LogP contribution in [0.25, 0.3) is 0 Å². The second-order valence-corrected chi connectivity index (χ2v) is 8.30. The van der Waals surface area contributed by atoms with E-state index in [9.17, 15) is 34.5 Å². The predicted octanol–water partition coefficient (Wildman–Crippen LogP) is -2.74. The number of aliphatic carboxylic acids is 1. The summed E-state index contributed by atoms with van der Waals surface area (Å²) in [4.78, 5) is 53.5. The van der Waals surface area contributed by atoms with Crippen LogP contribution in [0.5, 0.6) is 5.75 Å². The number of nitrogens with zero attached hydrogens (tertiary/aromatic N) is 1. The van der Waals surface area contributed by atoms with Crippen molar-refractivity contribution >= 4 is 29.7 Å². The number of carbonyl (C=O) groups is 4. The van der Waals surface area contributed by atoms with Gasteiger partial charge in [-0.05, 0) is 44.4 Å². The summed E-state index contributed by atoms with van der Waals surface area (Å²) in [6.45, 7) is 2.82. The van der Waals surface area contributed by atoms with Gasteiger partial charge in [0.1, 0.15) is 17.8 Å². The van der Waals surface area contributed by atoms with E-state index >= 15 is 0 Å². The summed E-state index contributed by atoms with van der Waals surface area (Å²) < 4.78 is 0. The average Bonchev–Trinajstić information content (AvgIpc) is 2.79. The standard InChI is InChI=1S/C22H35N7O7/c1-11(23)18(32)27-15(4-3-9-26-22(24)25)19(33)28-16(10-13-5-7-14(31)8-6-13)20(34)29-17(12(2)30)21(35)36/h5-8,11-12,15-17,30-31H,3-4,9-10,23H2,1-2H3,(H,27,32)(H,28,33)(H,29,34)(H,35,36)(H4,24,25,26). The molecule has 1 rings (SSSR count). The molecule has 3 amide bonds. The minimum Gasteiger partial charge on any atom is -0.508 e. The molecular weight excluding hydrogens is 474 g/mol. The van der Waals surface area contributed by atoms with Crippen molar-refractivity contribution in [1.29, 1.82) is 0 Å². The second kappa shape index (κ2) is 14.5. The smallest absolute Gasteiger partial charge is 0.328 e. The molecule has 0 aliphatic rings. The number of aliphatic imine (C=N–C) groups is 1. The fraction of sp³-hybridized carbons (Fsp3) is 0.500. The third-order valence-electron chi connectivity index (χ3n) is 5.05. The maximum absolute atomic E-state index is 13.1. The number of amides is 3. The van der Waals surface area contributed by atoms with Gasteiger partial charge in [0, 0.05) is 13.0 Å². The van der Waals surface area contributed by atoms with Gasteiger partial charge < -0.3 is 48.5 Å². The molecule has 36 heavy (non-hydrogen) atoms. The number of guanidine groups is 1. The minimum absolute atomic E-state index is 0.0108. The summed E-state index contributed by atoms with van der Waals surface area (Å²) in [5.74, 6) is -3.80. The normalized spacial score (nSPS) is 14.9. The van der Waals surface area contributed by atoms with Gasteiger partial charge in [-0.3, -0.25) is 19.4 Å². The highest BCUT2D eigenvalue weighted by molar-refractivity contribution is 5.94. The molecule has 14 heteroatoms. The zero-order chi connectivity index (χ0) is 27.4. The van der Waals surface area contributed by atoms with Crippen LogP contribution in [0.3, 0.4) is 0 Å². The van der Waals surface area contributed by atoms with Crippen LogP contribution in [-0.2, 0) is 25.6 Å². The van der Waals surface area contributed by atoms with E-state index < -0.39 is 54.0 Å². The van der Waals surface area contributed by atoms with Crippen molar-refractivity contribution in [1.82, 2.24) is 16.0 Å². The summed E-state index contributed by atoms with van der Waals surface area (Å²) in [6, 6.07) is 0.913. The second-order valence-electron chi connectivity index (χ2n) is 8.30. The Morgan fingerprint density at radius 3 is 2.00 bits per heavy atom. The van der Waals surface area contributed by atoms with Gasteiger partial charge in [-0.25, -0.2) is 4.79 Å². The lowest BCUT2D eigenvalue weighted by Gasteiger charge is -2.25. The summed E-state index contributed by atoms with van der Waals surface area (Å²) in [7, 11) is 0. The number of aliphatic hydroxyl groups excluding tert-OH is 1. The lowest BCUT2D eigenvalue weighted by Crippen LogP contribution is -2.58. The van der Waals surface area contributed by atoms with Crippen LogP contribution in [0.1, 0.15) is 32.3 Å². The Morgan fingerprint density at radius 2 is 1.50 bits per heavy atom. The summed E-state index contributed by atoms with van der Waals surface area (Å²) in [5, 5.41) is 35.8. The third kappa shape index (κ3) is 10.6. The van der Waals surface area contributed by atoms with E-state index in [1.54, 1.807) is 0 Å². The van der Waals surface area contributed by atoms with Crippen molar-refractivity contribution in [2.24, 2.45) is 22.2 Å². The molecule has 0 heterocycles. The molecule has 0 radical (unpaired) electrons. The van der Waals surface area contributed by atoms with Crippen LogP contribution in [0.4, 0.5) is 0 Å². The van der Waals surface area contributed by atoms with E-state index in [4.69, 9.17) is 17.2 Å². The highest BCUT2D eigenvalue weighted by Gasteiger charge is 2.31. The number of carbonyl (C=O) groups excluding carboxylic acids is 3. The monoisotopic (exact) mass is 509 g/mol. The van der Waals surface area contributed by atoms with Crippen LogP contribution >= 0.6 is 0 Å². The fourth-order valence-electron chi connectivity index (χ4n) is 3.07. The predicted molar refractivity (Wildman–Crippen MR) is 130 cm³/mol. The van der Waals surface area contributed by atoms with Gasteiger partial charge in [-0.2, -0.15) is 0 Å². The number of nitrogens with two attached hydrogens (primary N) is 3. The zero-order valence-electron chi connectivity index (χ0n) is 20.2. The van der Waals surface area contributed by atoms with Crippen molar-refractivity contribution in [2.45, 2.75) is 63.4 Å². The van der Waals surface area contributed by atoms with Gasteiger partial charge >= 0.3 is 5.97 Å². The SMILES string of the molecule is CC(N)C(=O)NC(CCCN=C(N)N)C(=O)NC(Cc1ccc(O)cc1)C(=O)NC(C(=O)O)C(C)O. The Labute approximate surface area is 208 Å². The maximum Gasteiger partial charge on any atom is 0.328 e.